The number of fused-ring (bicyclic) bond motifs is 2. The minimum absolute atomic E-state index is 0.0174. The molecule has 0 saturated carbocycles. The molecule has 1 fully saturated rings. The van der Waals surface area contributed by atoms with Gasteiger partial charge in [-0.3, -0.25) is 9.67 Å². The Morgan fingerprint density at radius 3 is 2.59 bits per heavy atom. The number of ether oxygens (including phenoxy) is 2. The smallest absolute Gasteiger partial charge is 0.213 e. The number of imidazole rings is 1. The number of aromatic nitrogens is 6. The summed E-state index contributed by atoms with van der Waals surface area (Å²) in [6, 6.07) is 10.4. The summed E-state index contributed by atoms with van der Waals surface area (Å²) < 4.78 is 41.7. The first-order valence-corrected chi connectivity index (χ1v) is 20.3. The highest BCUT2D eigenvalue weighted by Crippen LogP contribution is 2.36. The number of sulfonamides is 1. The van der Waals surface area contributed by atoms with Crippen molar-refractivity contribution in [3.05, 3.63) is 59.8 Å². The lowest BCUT2D eigenvalue weighted by Gasteiger charge is -2.37. The Balaban J connectivity index is 1.21. The van der Waals surface area contributed by atoms with Crippen LogP contribution in [0.15, 0.2) is 48.9 Å². The van der Waals surface area contributed by atoms with Gasteiger partial charge in [0.05, 0.1) is 46.4 Å². The maximum Gasteiger partial charge on any atom is 0.213 e. The molecule has 0 aliphatic carbocycles. The molecule has 6 rings (SSSR count). The second kappa shape index (κ2) is 11.9. The van der Waals surface area contributed by atoms with Gasteiger partial charge in [0.2, 0.25) is 10.0 Å². The predicted octanol–water partition coefficient (Wildman–Crippen LogP) is 6.12. The topological polar surface area (TPSA) is 117 Å². The van der Waals surface area contributed by atoms with E-state index in [-0.39, 0.29) is 11.8 Å². The van der Waals surface area contributed by atoms with E-state index >= 15 is 0 Å². The van der Waals surface area contributed by atoms with Crippen LogP contribution in [0, 0.1) is 6.92 Å². The molecular formula is C30H36ClN7O4SSi. The molecule has 0 atom stereocenters. The average Bonchev–Trinajstić information content (AvgIpc) is 3.55. The van der Waals surface area contributed by atoms with E-state index in [9.17, 15) is 8.42 Å². The number of hydrogen-bond donors (Lipinski definition) is 0. The van der Waals surface area contributed by atoms with Crippen LogP contribution in [0.4, 0.5) is 0 Å². The van der Waals surface area contributed by atoms with Crippen LogP contribution in [0.3, 0.4) is 0 Å². The highest BCUT2D eigenvalue weighted by molar-refractivity contribution is 7.89. The van der Waals surface area contributed by atoms with Crippen LogP contribution in [-0.4, -0.2) is 75.5 Å². The van der Waals surface area contributed by atoms with Crippen molar-refractivity contribution in [2.75, 3.05) is 25.4 Å². The van der Waals surface area contributed by atoms with E-state index < -0.39 is 18.1 Å². The molecule has 0 unspecified atom stereocenters. The maximum atomic E-state index is 12.1. The predicted molar refractivity (Wildman–Crippen MR) is 174 cm³/mol. The van der Waals surface area contributed by atoms with Gasteiger partial charge in [-0.2, -0.15) is 9.40 Å². The van der Waals surface area contributed by atoms with Crippen molar-refractivity contribution in [2.45, 2.75) is 52.3 Å². The highest BCUT2D eigenvalue weighted by Gasteiger charge is 2.36. The second-order valence-electron chi connectivity index (χ2n) is 12.3. The van der Waals surface area contributed by atoms with E-state index in [1.54, 1.807) is 30.1 Å². The van der Waals surface area contributed by atoms with E-state index in [4.69, 9.17) is 26.1 Å². The first kappa shape index (κ1) is 30.7. The van der Waals surface area contributed by atoms with Crippen LogP contribution in [-0.2, 0) is 21.5 Å². The summed E-state index contributed by atoms with van der Waals surface area (Å²) in [6.07, 6.45) is 5.24. The molecule has 1 aliphatic rings. The summed E-state index contributed by atoms with van der Waals surface area (Å²) >= 11 is 6.84. The molecule has 5 aromatic rings. The Morgan fingerprint density at radius 1 is 1.07 bits per heavy atom. The van der Waals surface area contributed by atoms with Crippen molar-refractivity contribution in [1.82, 2.24) is 33.6 Å². The van der Waals surface area contributed by atoms with Crippen LogP contribution in [0.1, 0.15) is 18.8 Å². The molecular weight excluding hydrogens is 618 g/mol. The van der Waals surface area contributed by atoms with E-state index in [2.05, 4.69) is 39.3 Å². The zero-order chi connectivity index (χ0) is 31.2. The summed E-state index contributed by atoms with van der Waals surface area (Å²) in [5.74, 6) is 2.05. The Bertz CT molecular complexity index is 1950. The molecule has 0 radical (unpaired) electrons. The third-order valence-electron chi connectivity index (χ3n) is 7.83. The Morgan fingerprint density at radius 2 is 1.84 bits per heavy atom. The maximum absolute atomic E-state index is 12.1. The van der Waals surface area contributed by atoms with Gasteiger partial charge < -0.3 is 14.0 Å². The molecule has 4 heterocycles. The zero-order valence-electron chi connectivity index (χ0n) is 25.5. The summed E-state index contributed by atoms with van der Waals surface area (Å²) in [5, 5.41) is 4.81. The largest absolute Gasteiger partial charge is 0.456 e. The lowest BCUT2D eigenvalue weighted by Crippen LogP contribution is -2.51. The number of hydrogen-bond acceptors (Lipinski definition) is 8. The molecule has 1 saturated heterocycles. The fourth-order valence-corrected chi connectivity index (χ4v) is 7.18. The number of halogens is 1. The lowest BCUT2D eigenvalue weighted by molar-refractivity contribution is 0.0885. The molecule has 3 aromatic heterocycles. The van der Waals surface area contributed by atoms with Crippen LogP contribution < -0.4 is 4.74 Å². The summed E-state index contributed by atoms with van der Waals surface area (Å²) in [6.45, 7) is 12.6. The van der Waals surface area contributed by atoms with Crippen LogP contribution in [0.2, 0.25) is 30.7 Å². The minimum Gasteiger partial charge on any atom is -0.456 e. The van der Waals surface area contributed by atoms with Crippen molar-refractivity contribution in [3.8, 4) is 22.8 Å². The molecule has 0 amide bonds. The van der Waals surface area contributed by atoms with Gasteiger partial charge in [0.1, 0.15) is 34.6 Å². The quantitative estimate of drug-likeness (QED) is 0.124. The fourth-order valence-electron chi connectivity index (χ4n) is 5.02. The number of benzene rings is 2. The molecule has 232 valence electrons. The zero-order valence-corrected chi connectivity index (χ0v) is 28.1. The summed E-state index contributed by atoms with van der Waals surface area (Å²) in [5.41, 5.74) is 4.31. The van der Waals surface area contributed by atoms with E-state index in [1.807, 2.05) is 37.4 Å². The molecule has 2 aromatic carbocycles. The van der Waals surface area contributed by atoms with Gasteiger partial charge in [0.25, 0.3) is 0 Å². The van der Waals surface area contributed by atoms with Gasteiger partial charge in [0.15, 0.2) is 0 Å². The Hall–Kier alpha value is -3.36. The van der Waals surface area contributed by atoms with Gasteiger partial charge >= 0.3 is 0 Å². The van der Waals surface area contributed by atoms with Crippen LogP contribution in [0.25, 0.3) is 33.3 Å². The number of nitrogens with zero attached hydrogens (tertiary/aromatic N) is 7. The molecule has 44 heavy (non-hydrogen) atoms. The van der Waals surface area contributed by atoms with Gasteiger partial charge in [0, 0.05) is 45.6 Å². The first-order valence-electron chi connectivity index (χ1n) is 14.6. The standard InChI is InChI=1S/C30H36ClN7O4SSi/c1-6-43(39,40)36-17-22(18-36)38-16-21(14-33-38)26-15-32-25-9-10-28(29(31)30(25)35-26)42-23-7-8-24-27(13-23)37(20(2)34-24)19-41-11-12-44(3,4)5/h7-10,13-16,22H,6,11-12,17-19H2,1-5H3. The fraction of sp³-hybridized carbons (Fsp3) is 0.400. The summed E-state index contributed by atoms with van der Waals surface area (Å²) in [7, 11) is -4.37. The lowest BCUT2D eigenvalue weighted by atomic mass is 10.2. The SMILES string of the molecule is CCS(=O)(=O)N1CC(n2cc(-c3cnc4ccc(Oc5ccc6nc(C)n(COCC[Si](C)(C)C)c6c5)c(Cl)c4n3)cn2)C1. The normalized spacial score (nSPS) is 14.9. The van der Waals surface area contributed by atoms with Crippen molar-refractivity contribution >= 4 is 51.8 Å². The van der Waals surface area contributed by atoms with E-state index in [1.165, 1.54) is 4.31 Å². The van der Waals surface area contributed by atoms with Gasteiger partial charge in [-0.15, -0.1) is 0 Å². The van der Waals surface area contributed by atoms with Crippen molar-refractivity contribution < 1.29 is 17.9 Å². The first-order chi connectivity index (χ1) is 20.9. The van der Waals surface area contributed by atoms with Crippen LogP contribution in [0.5, 0.6) is 11.5 Å². The number of rotatable bonds is 11. The molecule has 0 spiro atoms. The Labute approximate surface area is 262 Å². The molecule has 0 bridgehead atoms. The minimum atomic E-state index is -3.19. The average molecular weight is 654 g/mol. The molecule has 0 N–H and O–H groups in total. The van der Waals surface area contributed by atoms with E-state index in [0.717, 1.165) is 35.1 Å². The molecule has 11 nitrogen and oxygen atoms in total. The van der Waals surface area contributed by atoms with Crippen molar-refractivity contribution in [3.63, 3.8) is 0 Å². The third kappa shape index (κ3) is 6.24. The molecule has 1 aliphatic heterocycles. The van der Waals surface area contributed by atoms with Gasteiger partial charge in [-0.25, -0.2) is 18.4 Å². The second-order valence-corrected chi connectivity index (χ2v) is 20.5. The van der Waals surface area contributed by atoms with Gasteiger partial charge in [-0.1, -0.05) is 31.2 Å². The monoisotopic (exact) mass is 653 g/mol. The molecule has 14 heteroatoms. The van der Waals surface area contributed by atoms with Crippen molar-refractivity contribution in [2.24, 2.45) is 0 Å². The van der Waals surface area contributed by atoms with E-state index in [0.29, 0.717) is 53.1 Å². The van der Waals surface area contributed by atoms with Crippen LogP contribution >= 0.6 is 11.6 Å². The van der Waals surface area contributed by atoms with Gasteiger partial charge in [-0.05, 0) is 44.2 Å². The highest BCUT2D eigenvalue weighted by atomic mass is 35.5. The summed E-state index contributed by atoms with van der Waals surface area (Å²) in [4.78, 5) is 14.0. The Kier molecular flexibility index (Phi) is 8.26. The number of aryl methyl sites for hydroxylation is 1. The van der Waals surface area contributed by atoms with Crippen molar-refractivity contribution in [1.29, 1.82) is 0 Å². The third-order valence-corrected chi connectivity index (χ3v) is 11.7.